The first-order chi connectivity index (χ1) is 7.28. The van der Waals surface area contributed by atoms with Gasteiger partial charge in [0.15, 0.2) is 0 Å². The van der Waals surface area contributed by atoms with Gasteiger partial charge in [-0.25, -0.2) is 0 Å². The van der Waals surface area contributed by atoms with E-state index in [0.717, 1.165) is 6.54 Å². The summed E-state index contributed by atoms with van der Waals surface area (Å²) in [6.45, 7) is 7.83. The highest BCUT2D eigenvalue weighted by atomic mass is 16.5. The predicted molar refractivity (Wildman–Crippen MR) is 59.3 cm³/mol. The van der Waals surface area contributed by atoms with Crippen LogP contribution in [0, 0.1) is 0 Å². The molecule has 2 unspecified atom stereocenters. The fourth-order valence-corrected chi connectivity index (χ4v) is 2.29. The van der Waals surface area contributed by atoms with Crippen molar-refractivity contribution in [3.8, 4) is 0 Å². The van der Waals surface area contributed by atoms with Gasteiger partial charge in [0.1, 0.15) is 0 Å². The van der Waals surface area contributed by atoms with Crippen molar-refractivity contribution in [2.75, 3.05) is 19.6 Å². The number of hydrogen-bond acceptors (Lipinski definition) is 4. The topological polar surface area (TPSA) is 70.0 Å². The molecule has 5 nitrogen and oxygen atoms in total. The number of aliphatic hydroxyl groups excluding tert-OH is 1. The molecular weight excluding hydrogens is 210 g/mol. The van der Waals surface area contributed by atoms with Gasteiger partial charge >= 0.3 is 5.97 Å². The number of aliphatic hydroxyl groups is 1. The minimum Gasteiger partial charge on any atom is -0.481 e. The molecule has 0 spiro atoms. The van der Waals surface area contributed by atoms with Gasteiger partial charge in [0, 0.05) is 19.6 Å². The van der Waals surface area contributed by atoms with Crippen LogP contribution in [0.3, 0.4) is 0 Å². The molecule has 2 N–H and O–H groups in total. The maximum absolute atomic E-state index is 10.4. The Morgan fingerprint density at radius 3 is 2.75 bits per heavy atom. The van der Waals surface area contributed by atoms with Crippen molar-refractivity contribution in [2.24, 2.45) is 0 Å². The van der Waals surface area contributed by atoms with Crippen LogP contribution in [0.1, 0.15) is 27.2 Å². The van der Waals surface area contributed by atoms with E-state index in [1.54, 1.807) is 0 Å². The van der Waals surface area contributed by atoms with E-state index in [1.807, 2.05) is 20.8 Å². The first-order valence-electron chi connectivity index (χ1n) is 5.58. The molecule has 0 aliphatic carbocycles. The second-order valence-corrected chi connectivity index (χ2v) is 5.13. The van der Waals surface area contributed by atoms with E-state index in [0.29, 0.717) is 13.1 Å². The highest BCUT2D eigenvalue weighted by molar-refractivity contribution is 5.67. The van der Waals surface area contributed by atoms with Crippen LogP contribution in [0.4, 0.5) is 0 Å². The summed E-state index contributed by atoms with van der Waals surface area (Å²) in [5.41, 5.74) is -0.236. The molecule has 0 saturated carbocycles. The Labute approximate surface area is 96.0 Å². The standard InChI is InChI=1S/C11H21NO4/c1-8-5-12(7-11(2,3)16-8)6-9(13)4-10(14)15/h8-9,13H,4-7H2,1-3H3,(H,14,15). The lowest BCUT2D eigenvalue weighted by Gasteiger charge is -2.42. The minimum atomic E-state index is -0.965. The summed E-state index contributed by atoms with van der Waals surface area (Å²) in [4.78, 5) is 12.5. The summed E-state index contributed by atoms with van der Waals surface area (Å²) in [6.07, 6.45) is -0.897. The number of carboxylic acid groups (broad SMARTS) is 1. The normalized spacial score (nSPS) is 27.6. The van der Waals surface area contributed by atoms with Gasteiger partial charge in [0.2, 0.25) is 0 Å². The quantitative estimate of drug-likeness (QED) is 0.729. The third-order valence-electron chi connectivity index (χ3n) is 2.52. The number of morpholine rings is 1. The zero-order chi connectivity index (χ0) is 12.3. The zero-order valence-electron chi connectivity index (χ0n) is 10.1. The second kappa shape index (κ2) is 5.12. The second-order valence-electron chi connectivity index (χ2n) is 5.13. The van der Waals surface area contributed by atoms with Gasteiger partial charge in [-0.3, -0.25) is 9.69 Å². The first-order valence-corrected chi connectivity index (χ1v) is 5.58. The maximum atomic E-state index is 10.4. The number of β-amino-alcohol motifs (C(OH)–C–C–N with tert-alkyl or cyclic N) is 1. The molecule has 0 amide bonds. The van der Waals surface area contributed by atoms with Crippen molar-refractivity contribution < 1.29 is 19.7 Å². The van der Waals surface area contributed by atoms with Gasteiger partial charge in [-0.2, -0.15) is 0 Å². The van der Waals surface area contributed by atoms with Gasteiger partial charge in [-0.15, -0.1) is 0 Å². The average molecular weight is 231 g/mol. The van der Waals surface area contributed by atoms with Crippen molar-refractivity contribution in [2.45, 2.75) is 45.0 Å². The molecule has 1 saturated heterocycles. The number of rotatable bonds is 4. The van der Waals surface area contributed by atoms with Gasteiger partial charge in [0.05, 0.1) is 24.2 Å². The first kappa shape index (κ1) is 13.4. The minimum absolute atomic E-state index is 0.112. The Hall–Kier alpha value is -0.650. The largest absolute Gasteiger partial charge is 0.481 e. The maximum Gasteiger partial charge on any atom is 0.306 e. The molecule has 1 aliphatic heterocycles. The Morgan fingerprint density at radius 1 is 1.62 bits per heavy atom. The monoisotopic (exact) mass is 231 g/mol. The Balaban J connectivity index is 2.44. The van der Waals surface area contributed by atoms with Crippen LogP contribution in [0.25, 0.3) is 0 Å². The number of nitrogens with zero attached hydrogens (tertiary/aromatic N) is 1. The Kier molecular flexibility index (Phi) is 4.29. The lowest BCUT2D eigenvalue weighted by Crippen LogP contribution is -2.53. The number of ether oxygens (including phenoxy) is 1. The van der Waals surface area contributed by atoms with E-state index >= 15 is 0 Å². The SMILES string of the molecule is CC1CN(CC(O)CC(=O)O)CC(C)(C)O1. The zero-order valence-corrected chi connectivity index (χ0v) is 10.1. The fourth-order valence-electron chi connectivity index (χ4n) is 2.29. The highest BCUT2D eigenvalue weighted by Gasteiger charge is 2.32. The molecule has 0 aromatic carbocycles. The molecule has 2 atom stereocenters. The molecular formula is C11H21NO4. The van der Waals surface area contributed by atoms with E-state index in [9.17, 15) is 9.90 Å². The Bertz CT molecular complexity index is 254. The van der Waals surface area contributed by atoms with Crippen LogP contribution in [0.5, 0.6) is 0 Å². The molecule has 16 heavy (non-hydrogen) atoms. The molecule has 0 aromatic heterocycles. The smallest absolute Gasteiger partial charge is 0.306 e. The Morgan fingerprint density at radius 2 is 2.25 bits per heavy atom. The molecule has 5 heteroatoms. The third-order valence-corrected chi connectivity index (χ3v) is 2.52. The summed E-state index contributed by atoms with van der Waals surface area (Å²) in [5, 5.41) is 18.1. The summed E-state index contributed by atoms with van der Waals surface area (Å²) in [5.74, 6) is -0.965. The molecule has 0 radical (unpaired) electrons. The van der Waals surface area contributed by atoms with Crippen LogP contribution in [0.15, 0.2) is 0 Å². The summed E-state index contributed by atoms with van der Waals surface area (Å²) in [6, 6.07) is 0. The van der Waals surface area contributed by atoms with Crippen LogP contribution >= 0.6 is 0 Å². The molecule has 94 valence electrons. The number of carbonyl (C=O) groups is 1. The third kappa shape index (κ3) is 4.47. The van der Waals surface area contributed by atoms with Crippen molar-refractivity contribution >= 4 is 5.97 Å². The molecule has 1 aliphatic rings. The van der Waals surface area contributed by atoms with Crippen LogP contribution in [0.2, 0.25) is 0 Å². The van der Waals surface area contributed by atoms with E-state index in [1.165, 1.54) is 0 Å². The molecule has 1 heterocycles. The number of carboxylic acids is 1. The van der Waals surface area contributed by atoms with Crippen molar-refractivity contribution in [3.63, 3.8) is 0 Å². The summed E-state index contributed by atoms with van der Waals surface area (Å²) < 4.78 is 5.73. The number of hydrogen-bond donors (Lipinski definition) is 2. The van der Waals surface area contributed by atoms with Gasteiger partial charge in [-0.05, 0) is 20.8 Å². The lowest BCUT2D eigenvalue weighted by molar-refractivity contribution is -0.143. The van der Waals surface area contributed by atoms with E-state index < -0.39 is 12.1 Å². The summed E-state index contributed by atoms with van der Waals surface area (Å²) in [7, 11) is 0. The highest BCUT2D eigenvalue weighted by Crippen LogP contribution is 2.20. The lowest BCUT2D eigenvalue weighted by atomic mass is 10.0. The molecule has 1 rings (SSSR count). The molecule has 1 fully saturated rings. The molecule has 0 aromatic rings. The van der Waals surface area contributed by atoms with Crippen LogP contribution < -0.4 is 0 Å². The van der Waals surface area contributed by atoms with Crippen LogP contribution in [-0.4, -0.2) is 58.5 Å². The van der Waals surface area contributed by atoms with Gasteiger partial charge in [-0.1, -0.05) is 0 Å². The van der Waals surface area contributed by atoms with Gasteiger partial charge in [0.25, 0.3) is 0 Å². The van der Waals surface area contributed by atoms with Crippen molar-refractivity contribution in [3.05, 3.63) is 0 Å². The van der Waals surface area contributed by atoms with Crippen molar-refractivity contribution in [1.82, 2.24) is 4.90 Å². The molecule has 0 bridgehead atoms. The predicted octanol–water partition coefficient (Wildman–Crippen LogP) is 0.321. The van der Waals surface area contributed by atoms with Gasteiger partial charge < -0.3 is 14.9 Å². The average Bonchev–Trinajstić information content (AvgIpc) is 1.95. The number of aliphatic carboxylic acids is 1. The summed E-state index contributed by atoms with van der Waals surface area (Å²) >= 11 is 0. The van der Waals surface area contributed by atoms with E-state index in [2.05, 4.69) is 4.90 Å². The van der Waals surface area contributed by atoms with E-state index in [4.69, 9.17) is 9.84 Å². The van der Waals surface area contributed by atoms with E-state index in [-0.39, 0.29) is 18.1 Å². The van der Waals surface area contributed by atoms with Crippen molar-refractivity contribution in [1.29, 1.82) is 0 Å². The van der Waals surface area contributed by atoms with Crippen LogP contribution in [-0.2, 0) is 9.53 Å². The fraction of sp³-hybridized carbons (Fsp3) is 0.909.